The Morgan fingerprint density at radius 3 is 2.52 bits per heavy atom. The van der Waals surface area contributed by atoms with E-state index >= 15 is 0 Å². The first kappa shape index (κ1) is 19.7. The summed E-state index contributed by atoms with van der Waals surface area (Å²) < 4.78 is 6.18. The van der Waals surface area contributed by atoms with E-state index in [0.29, 0.717) is 6.61 Å². The fourth-order valence-electron chi connectivity index (χ4n) is 3.11. The van der Waals surface area contributed by atoms with Gasteiger partial charge in [-0.3, -0.25) is 0 Å². The first-order valence-corrected chi connectivity index (χ1v) is 9.74. The number of nitrogens with one attached hydrogen (secondary N) is 1. The van der Waals surface area contributed by atoms with E-state index in [0.717, 1.165) is 42.4 Å². The summed E-state index contributed by atoms with van der Waals surface area (Å²) in [5, 5.41) is 6.79. The summed E-state index contributed by atoms with van der Waals surface area (Å²) in [5.41, 5.74) is 2.32. The third-order valence-electron chi connectivity index (χ3n) is 4.57. The minimum Gasteiger partial charge on any atom is -0.489 e. The molecule has 1 N–H and O–H groups in total. The summed E-state index contributed by atoms with van der Waals surface area (Å²) >= 11 is 5.97. The SMILES string of the molecule is CN(C)CCCNCc1c(OCc2ccc(Cl)cc2)ccc2ccccc12. The molecule has 27 heavy (non-hydrogen) atoms. The van der Waals surface area contributed by atoms with E-state index in [2.05, 4.69) is 60.7 Å². The molecule has 0 aromatic heterocycles. The van der Waals surface area contributed by atoms with Crippen LogP contribution in [0.15, 0.2) is 60.7 Å². The van der Waals surface area contributed by atoms with Gasteiger partial charge in [0.05, 0.1) is 0 Å². The van der Waals surface area contributed by atoms with Crippen molar-refractivity contribution in [3.05, 3.63) is 76.8 Å². The molecule has 0 amide bonds. The molecule has 142 valence electrons. The molecule has 0 radical (unpaired) electrons. The Labute approximate surface area is 166 Å². The van der Waals surface area contributed by atoms with E-state index in [1.165, 1.54) is 16.3 Å². The van der Waals surface area contributed by atoms with Gasteiger partial charge in [-0.15, -0.1) is 0 Å². The lowest BCUT2D eigenvalue weighted by molar-refractivity contribution is 0.302. The van der Waals surface area contributed by atoms with Gasteiger partial charge in [-0.1, -0.05) is 54.1 Å². The number of fused-ring (bicyclic) bond motifs is 1. The van der Waals surface area contributed by atoms with Crippen molar-refractivity contribution in [3.63, 3.8) is 0 Å². The van der Waals surface area contributed by atoms with Crippen molar-refractivity contribution >= 4 is 22.4 Å². The number of rotatable bonds is 9. The summed E-state index contributed by atoms with van der Waals surface area (Å²) in [6.45, 7) is 3.40. The molecule has 0 saturated carbocycles. The molecule has 0 fully saturated rings. The van der Waals surface area contributed by atoms with Crippen LogP contribution in [0.4, 0.5) is 0 Å². The number of halogens is 1. The molecule has 0 aliphatic rings. The Kier molecular flexibility index (Phi) is 7.11. The Balaban J connectivity index is 1.73. The van der Waals surface area contributed by atoms with Gasteiger partial charge in [0.25, 0.3) is 0 Å². The maximum absolute atomic E-state index is 6.18. The molecule has 0 bridgehead atoms. The number of nitrogens with zero attached hydrogens (tertiary/aromatic N) is 1. The second kappa shape index (κ2) is 9.75. The second-order valence-corrected chi connectivity index (χ2v) is 7.45. The van der Waals surface area contributed by atoms with Crippen LogP contribution in [0.5, 0.6) is 5.75 Å². The van der Waals surface area contributed by atoms with Gasteiger partial charge in [-0.25, -0.2) is 0 Å². The highest BCUT2D eigenvalue weighted by Crippen LogP contribution is 2.29. The van der Waals surface area contributed by atoms with Gasteiger partial charge in [0.2, 0.25) is 0 Å². The number of hydrogen-bond acceptors (Lipinski definition) is 3. The van der Waals surface area contributed by atoms with Crippen LogP contribution >= 0.6 is 11.6 Å². The van der Waals surface area contributed by atoms with Gasteiger partial charge in [0.1, 0.15) is 12.4 Å². The standard InChI is InChI=1S/C23H27ClN2O/c1-26(2)15-5-14-25-16-22-21-7-4-3-6-19(21)10-13-23(22)27-17-18-8-11-20(24)12-9-18/h3-4,6-13,25H,5,14-17H2,1-2H3. The quantitative estimate of drug-likeness (QED) is 0.520. The van der Waals surface area contributed by atoms with Gasteiger partial charge in [-0.05, 0) is 68.1 Å². The van der Waals surface area contributed by atoms with Crippen LogP contribution in [0.25, 0.3) is 10.8 Å². The maximum atomic E-state index is 6.18. The van der Waals surface area contributed by atoms with Crippen LogP contribution in [-0.4, -0.2) is 32.1 Å². The van der Waals surface area contributed by atoms with Gasteiger partial charge in [0.15, 0.2) is 0 Å². The molecule has 0 heterocycles. The molecular weight excluding hydrogens is 356 g/mol. The number of hydrogen-bond donors (Lipinski definition) is 1. The highest BCUT2D eigenvalue weighted by Gasteiger charge is 2.09. The Morgan fingerprint density at radius 1 is 0.963 bits per heavy atom. The van der Waals surface area contributed by atoms with E-state index in [4.69, 9.17) is 16.3 Å². The molecule has 0 atom stereocenters. The van der Waals surface area contributed by atoms with Gasteiger partial charge < -0.3 is 15.0 Å². The normalized spacial score (nSPS) is 11.3. The van der Waals surface area contributed by atoms with Gasteiger partial charge in [-0.2, -0.15) is 0 Å². The smallest absolute Gasteiger partial charge is 0.124 e. The van der Waals surface area contributed by atoms with Crippen molar-refractivity contribution in [2.45, 2.75) is 19.6 Å². The van der Waals surface area contributed by atoms with E-state index in [1.807, 2.05) is 24.3 Å². The second-order valence-electron chi connectivity index (χ2n) is 7.01. The lowest BCUT2D eigenvalue weighted by atomic mass is 10.0. The van der Waals surface area contributed by atoms with Crippen LogP contribution in [0.1, 0.15) is 17.5 Å². The molecular formula is C23H27ClN2O. The Bertz CT molecular complexity index is 862. The number of ether oxygens (including phenoxy) is 1. The van der Waals surface area contributed by atoms with Crippen LogP contribution in [0.3, 0.4) is 0 Å². The van der Waals surface area contributed by atoms with Crippen LogP contribution in [0.2, 0.25) is 5.02 Å². The zero-order valence-corrected chi connectivity index (χ0v) is 16.8. The average molecular weight is 383 g/mol. The van der Waals surface area contributed by atoms with Crippen molar-refractivity contribution in [1.29, 1.82) is 0 Å². The zero-order valence-electron chi connectivity index (χ0n) is 16.0. The van der Waals surface area contributed by atoms with Crippen LogP contribution in [-0.2, 0) is 13.2 Å². The third kappa shape index (κ3) is 5.70. The molecule has 0 unspecified atom stereocenters. The summed E-state index contributed by atoms with van der Waals surface area (Å²) in [7, 11) is 4.21. The Hall–Kier alpha value is -2.07. The molecule has 3 rings (SSSR count). The van der Waals surface area contributed by atoms with E-state index in [-0.39, 0.29) is 0 Å². The topological polar surface area (TPSA) is 24.5 Å². The third-order valence-corrected chi connectivity index (χ3v) is 4.82. The zero-order chi connectivity index (χ0) is 19.1. The average Bonchev–Trinajstić information content (AvgIpc) is 2.67. The van der Waals surface area contributed by atoms with Crippen molar-refractivity contribution in [1.82, 2.24) is 10.2 Å². The highest BCUT2D eigenvalue weighted by molar-refractivity contribution is 6.30. The lowest BCUT2D eigenvalue weighted by Crippen LogP contribution is -2.21. The molecule has 0 saturated heterocycles. The van der Waals surface area contributed by atoms with Crippen LogP contribution in [0, 0.1) is 0 Å². The summed E-state index contributed by atoms with van der Waals surface area (Å²) in [6, 6.07) is 20.5. The summed E-state index contributed by atoms with van der Waals surface area (Å²) in [4.78, 5) is 2.21. The molecule has 0 aliphatic heterocycles. The van der Waals surface area contributed by atoms with Crippen molar-refractivity contribution < 1.29 is 4.74 Å². The predicted octanol–water partition coefficient (Wildman–Crippen LogP) is 5.11. The molecule has 0 spiro atoms. The van der Waals surface area contributed by atoms with Crippen molar-refractivity contribution in [2.75, 3.05) is 27.2 Å². The van der Waals surface area contributed by atoms with Crippen LogP contribution < -0.4 is 10.1 Å². The lowest BCUT2D eigenvalue weighted by Gasteiger charge is -2.16. The number of benzene rings is 3. The van der Waals surface area contributed by atoms with Gasteiger partial charge >= 0.3 is 0 Å². The first-order valence-electron chi connectivity index (χ1n) is 9.37. The van der Waals surface area contributed by atoms with Crippen molar-refractivity contribution in [2.24, 2.45) is 0 Å². The van der Waals surface area contributed by atoms with Crippen molar-refractivity contribution in [3.8, 4) is 5.75 Å². The summed E-state index contributed by atoms with van der Waals surface area (Å²) in [6.07, 6.45) is 1.12. The summed E-state index contributed by atoms with van der Waals surface area (Å²) in [5.74, 6) is 0.934. The molecule has 3 nitrogen and oxygen atoms in total. The minimum absolute atomic E-state index is 0.531. The molecule has 3 aromatic carbocycles. The monoisotopic (exact) mass is 382 g/mol. The van der Waals surface area contributed by atoms with Gasteiger partial charge in [0, 0.05) is 17.1 Å². The molecule has 3 aromatic rings. The molecule has 0 aliphatic carbocycles. The Morgan fingerprint density at radius 2 is 1.74 bits per heavy atom. The minimum atomic E-state index is 0.531. The highest BCUT2D eigenvalue weighted by atomic mass is 35.5. The fraction of sp³-hybridized carbons (Fsp3) is 0.304. The predicted molar refractivity (Wildman–Crippen MR) is 115 cm³/mol. The van der Waals surface area contributed by atoms with E-state index < -0.39 is 0 Å². The van der Waals surface area contributed by atoms with E-state index in [1.54, 1.807) is 0 Å². The molecule has 4 heteroatoms. The first-order chi connectivity index (χ1) is 13.1. The maximum Gasteiger partial charge on any atom is 0.124 e. The van der Waals surface area contributed by atoms with E-state index in [9.17, 15) is 0 Å². The fourth-order valence-corrected chi connectivity index (χ4v) is 3.23. The largest absolute Gasteiger partial charge is 0.489 e.